The number of nitrogens with zero attached hydrogens (tertiary/aromatic N) is 2. The third-order valence-corrected chi connectivity index (χ3v) is 4.14. The van der Waals surface area contributed by atoms with Crippen LogP contribution in [0.5, 0.6) is 0 Å². The van der Waals surface area contributed by atoms with E-state index in [0.29, 0.717) is 11.3 Å². The molecule has 1 aromatic heterocycles. The van der Waals surface area contributed by atoms with Crippen LogP contribution in [0.3, 0.4) is 0 Å². The second-order valence-corrected chi connectivity index (χ2v) is 6.18. The topological polar surface area (TPSA) is 68.0 Å². The van der Waals surface area contributed by atoms with Gasteiger partial charge in [0, 0.05) is 5.56 Å². The summed E-state index contributed by atoms with van der Waals surface area (Å²) in [6.07, 6.45) is 0. The molecular weight excluding hydrogens is 372 g/mol. The zero-order valence-corrected chi connectivity index (χ0v) is 14.1. The van der Waals surface area contributed by atoms with E-state index >= 15 is 0 Å². The molecule has 0 fully saturated rings. The predicted octanol–water partition coefficient (Wildman–Crippen LogP) is 4.40. The second-order valence-electron chi connectivity index (χ2n) is 4.84. The smallest absolute Gasteiger partial charge is 0.277 e. The molecule has 0 atom stereocenters. The van der Waals surface area contributed by atoms with Crippen LogP contribution in [0, 0.1) is 11.6 Å². The lowest BCUT2D eigenvalue weighted by Crippen LogP contribution is -2.14. The fourth-order valence-electron chi connectivity index (χ4n) is 1.91. The summed E-state index contributed by atoms with van der Waals surface area (Å²) in [6.45, 7) is 0. The van der Waals surface area contributed by atoms with E-state index in [9.17, 15) is 13.6 Å². The van der Waals surface area contributed by atoms with Crippen LogP contribution in [0.25, 0.3) is 11.5 Å². The molecule has 0 aliphatic rings. The summed E-state index contributed by atoms with van der Waals surface area (Å²) in [4.78, 5) is 11.9. The molecule has 0 bridgehead atoms. The standard InChI is InChI=1S/C16H10ClF2N3O2S/c17-12-7-11(19)4-5-13(12)20-14(23)8-25-16-22-21-15(24-16)9-2-1-3-10(18)6-9/h1-7H,8H2,(H,20,23). The van der Waals surface area contributed by atoms with E-state index in [1.54, 1.807) is 6.07 Å². The van der Waals surface area contributed by atoms with E-state index < -0.39 is 11.6 Å². The van der Waals surface area contributed by atoms with Crippen LogP contribution in [0.1, 0.15) is 0 Å². The van der Waals surface area contributed by atoms with Gasteiger partial charge in [-0.1, -0.05) is 29.4 Å². The number of thioether (sulfide) groups is 1. The lowest BCUT2D eigenvalue weighted by atomic mass is 10.2. The number of aromatic nitrogens is 2. The summed E-state index contributed by atoms with van der Waals surface area (Å²) < 4.78 is 31.5. The molecule has 25 heavy (non-hydrogen) atoms. The summed E-state index contributed by atoms with van der Waals surface area (Å²) in [5, 5.41) is 10.4. The van der Waals surface area contributed by atoms with Gasteiger partial charge in [-0.05, 0) is 36.4 Å². The van der Waals surface area contributed by atoms with Crippen LogP contribution < -0.4 is 5.32 Å². The number of halogens is 3. The summed E-state index contributed by atoms with van der Waals surface area (Å²) in [5.41, 5.74) is 0.751. The Morgan fingerprint density at radius 2 is 1.96 bits per heavy atom. The molecule has 0 spiro atoms. The summed E-state index contributed by atoms with van der Waals surface area (Å²) >= 11 is 6.85. The zero-order valence-electron chi connectivity index (χ0n) is 12.5. The minimum Gasteiger partial charge on any atom is -0.411 e. The number of hydrogen-bond donors (Lipinski definition) is 1. The van der Waals surface area contributed by atoms with E-state index in [1.165, 1.54) is 30.3 Å². The maximum Gasteiger partial charge on any atom is 0.277 e. The number of rotatable bonds is 5. The maximum atomic E-state index is 13.2. The molecule has 2 aromatic carbocycles. The third kappa shape index (κ3) is 4.55. The van der Waals surface area contributed by atoms with E-state index in [4.69, 9.17) is 16.0 Å². The Labute approximate surface area is 150 Å². The van der Waals surface area contributed by atoms with Crippen molar-refractivity contribution >= 4 is 35.0 Å². The molecule has 0 aliphatic carbocycles. The molecule has 3 rings (SSSR count). The van der Waals surface area contributed by atoms with Gasteiger partial charge in [0.15, 0.2) is 0 Å². The van der Waals surface area contributed by atoms with Crippen LogP contribution >= 0.6 is 23.4 Å². The maximum absolute atomic E-state index is 13.2. The van der Waals surface area contributed by atoms with Gasteiger partial charge in [-0.15, -0.1) is 10.2 Å². The molecule has 0 aliphatic heterocycles. The number of nitrogens with one attached hydrogen (secondary N) is 1. The molecule has 0 radical (unpaired) electrons. The van der Waals surface area contributed by atoms with Crippen LogP contribution in [-0.2, 0) is 4.79 Å². The number of amides is 1. The van der Waals surface area contributed by atoms with Crippen LogP contribution in [0.4, 0.5) is 14.5 Å². The summed E-state index contributed by atoms with van der Waals surface area (Å²) in [7, 11) is 0. The molecule has 9 heteroatoms. The first-order valence-corrected chi connectivity index (χ1v) is 8.35. The molecule has 1 N–H and O–H groups in total. The van der Waals surface area contributed by atoms with Gasteiger partial charge in [-0.3, -0.25) is 4.79 Å². The molecule has 1 heterocycles. The Balaban J connectivity index is 1.59. The molecule has 128 valence electrons. The van der Waals surface area contributed by atoms with Gasteiger partial charge >= 0.3 is 0 Å². The van der Waals surface area contributed by atoms with Crippen LogP contribution in [-0.4, -0.2) is 21.9 Å². The SMILES string of the molecule is O=C(CSc1nnc(-c2cccc(F)c2)o1)Nc1ccc(F)cc1Cl. The monoisotopic (exact) mass is 381 g/mol. The third-order valence-electron chi connectivity index (χ3n) is 3.01. The Morgan fingerprint density at radius 3 is 2.72 bits per heavy atom. The molecule has 0 unspecified atom stereocenters. The lowest BCUT2D eigenvalue weighted by molar-refractivity contribution is -0.113. The zero-order chi connectivity index (χ0) is 17.8. The Bertz CT molecular complexity index is 920. The number of anilines is 1. The minimum absolute atomic E-state index is 0.0154. The van der Waals surface area contributed by atoms with Crippen molar-refractivity contribution in [3.05, 3.63) is 59.1 Å². The van der Waals surface area contributed by atoms with Gasteiger partial charge in [0.05, 0.1) is 16.5 Å². The predicted molar refractivity (Wildman–Crippen MR) is 90.5 cm³/mol. The van der Waals surface area contributed by atoms with Gasteiger partial charge in [0.25, 0.3) is 5.22 Å². The first-order chi connectivity index (χ1) is 12.0. The average molecular weight is 382 g/mol. The van der Waals surface area contributed by atoms with Gasteiger partial charge < -0.3 is 9.73 Å². The van der Waals surface area contributed by atoms with E-state index in [0.717, 1.165) is 17.8 Å². The summed E-state index contributed by atoms with van der Waals surface area (Å²) in [6, 6.07) is 9.40. The van der Waals surface area contributed by atoms with Crippen molar-refractivity contribution in [2.24, 2.45) is 0 Å². The lowest BCUT2D eigenvalue weighted by Gasteiger charge is -2.06. The number of hydrogen-bond acceptors (Lipinski definition) is 5. The van der Waals surface area contributed by atoms with Crippen molar-refractivity contribution in [1.29, 1.82) is 0 Å². The number of benzene rings is 2. The Morgan fingerprint density at radius 1 is 1.16 bits per heavy atom. The van der Waals surface area contributed by atoms with Crippen molar-refractivity contribution in [3.8, 4) is 11.5 Å². The Hall–Kier alpha value is -2.45. The fraction of sp³-hybridized carbons (Fsp3) is 0.0625. The highest BCUT2D eigenvalue weighted by molar-refractivity contribution is 7.99. The highest BCUT2D eigenvalue weighted by Gasteiger charge is 2.13. The highest BCUT2D eigenvalue weighted by Crippen LogP contribution is 2.25. The normalized spacial score (nSPS) is 10.7. The van der Waals surface area contributed by atoms with Crippen molar-refractivity contribution in [2.45, 2.75) is 5.22 Å². The van der Waals surface area contributed by atoms with Crippen LogP contribution in [0.2, 0.25) is 5.02 Å². The van der Waals surface area contributed by atoms with Crippen molar-refractivity contribution in [3.63, 3.8) is 0 Å². The van der Waals surface area contributed by atoms with Gasteiger partial charge in [-0.25, -0.2) is 8.78 Å². The van der Waals surface area contributed by atoms with Crippen molar-refractivity contribution in [1.82, 2.24) is 10.2 Å². The molecule has 5 nitrogen and oxygen atoms in total. The number of carbonyl (C=O) groups is 1. The van der Waals surface area contributed by atoms with Gasteiger partial charge in [0.1, 0.15) is 11.6 Å². The molecule has 3 aromatic rings. The second kappa shape index (κ2) is 7.62. The summed E-state index contributed by atoms with van der Waals surface area (Å²) in [5.74, 6) is -1.14. The first kappa shape index (κ1) is 17.4. The fourth-order valence-corrected chi connectivity index (χ4v) is 2.69. The molecule has 0 saturated heterocycles. The molecule has 1 amide bonds. The van der Waals surface area contributed by atoms with Crippen molar-refractivity contribution < 1.29 is 18.0 Å². The number of carbonyl (C=O) groups excluding carboxylic acids is 1. The first-order valence-electron chi connectivity index (χ1n) is 6.98. The van der Waals surface area contributed by atoms with Gasteiger partial charge in [-0.2, -0.15) is 0 Å². The Kier molecular flexibility index (Phi) is 5.30. The minimum atomic E-state index is -0.492. The largest absolute Gasteiger partial charge is 0.411 e. The highest BCUT2D eigenvalue weighted by atomic mass is 35.5. The quantitative estimate of drug-likeness (QED) is 0.663. The molecular formula is C16H10ClF2N3O2S. The van der Waals surface area contributed by atoms with E-state index in [2.05, 4.69) is 15.5 Å². The average Bonchev–Trinajstić information content (AvgIpc) is 3.05. The van der Waals surface area contributed by atoms with Crippen molar-refractivity contribution in [2.75, 3.05) is 11.1 Å². The molecule has 0 saturated carbocycles. The van der Waals surface area contributed by atoms with E-state index in [-0.39, 0.29) is 27.8 Å². The van der Waals surface area contributed by atoms with Gasteiger partial charge in [0.2, 0.25) is 11.8 Å². The van der Waals surface area contributed by atoms with E-state index in [1.807, 2.05) is 0 Å². The van der Waals surface area contributed by atoms with Crippen LogP contribution in [0.15, 0.2) is 52.1 Å².